The fourth-order valence-corrected chi connectivity index (χ4v) is 1.43. The van der Waals surface area contributed by atoms with Gasteiger partial charge in [0.2, 0.25) is 6.08 Å². The second kappa shape index (κ2) is 4.05. The standard InChI is InChI=1S/C8H7Cl2N3O/c1-8(2,11-4-14)5-3-6(9)12-13-7(5)10/h3H,1-2H3. The molecule has 1 aromatic rings. The molecule has 0 saturated heterocycles. The van der Waals surface area contributed by atoms with Gasteiger partial charge in [-0.3, -0.25) is 0 Å². The molecule has 0 N–H and O–H groups in total. The largest absolute Gasteiger partial charge is 0.235 e. The van der Waals surface area contributed by atoms with Gasteiger partial charge < -0.3 is 0 Å². The van der Waals surface area contributed by atoms with Gasteiger partial charge >= 0.3 is 0 Å². The van der Waals surface area contributed by atoms with Gasteiger partial charge in [-0.05, 0) is 19.9 Å². The van der Waals surface area contributed by atoms with Crippen molar-refractivity contribution in [2.75, 3.05) is 0 Å². The number of aliphatic imine (C=N–C) groups is 1. The zero-order chi connectivity index (χ0) is 10.8. The summed E-state index contributed by atoms with van der Waals surface area (Å²) in [5, 5.41) is 7.56. The Hall–Kier alpha value is -0.960. The first kappa shape index (κ1) is 11.1. The van der Waals surface area contributed by atoms with Crippen LogP contribution in [0.15, 0.2) is 11.1 Å². The van der Waals surface area contributed by atoms with Crippen LogP contribution in [0.4, 0.5) is 0 Å². The summed E-state index contributed by atoms with van der Waals surface area (Å²) < 4.78 is 0. The molecule has 1 aromatic heterocycles. The highest BCUT2D eigenvalue weighted by Gasteiger charge is 2.24. The molecule has 0 bridgehead atoms. The molecule has 1 rings (SSSR count). The van der Waals surface area contributed by atoms with Crippen LogP contribution in [0.5, 0.6) is 0 Å². The maximum absolute atomic E-state index is 10.2. The van der Waals surface area contributed by atoms with E-state index in [1.807, 2.05) is 0 Å². The Bertz CT molecular complexity index is 400. The molecule has 0 aliphatic rings. The molecular weight excluding hydrogens is 225 g/mol. The van der Waals surface area contributed by atoms with E-state index in [9.17, 15) is 4.79 Å². The van der Waals surface area contributed by atoms with Crippen molar-refractivity contribution in [3.8, 4) is 0 Å². The molecule has 14 heavy (non-hydrogen) atoms. The Balaban J connectivity index is 3.30. The van der Waals surface area contributed by atoms with Crippen LogP contribution in [-0.2, 0) is 10.3 Å². The maximum atomic E-state index is 10.2. The number of halogens is 2. The van der Waals surface area contributed by atoms with Crippen LogP contribution in [0.25, 0.3) is 0 Å². The molecular formula is C8H7Cl2N3O. The second-order valence-electron chi connectivity index (χ2n) is 3.13. The Morgan fingerprint density at radius 3 is 2.64 bits per heavy atom. The summed E-state index contributed by atoms with van der Waals surface area (Å²) >= 11 is 11.4. The zero-order valence-electron chi connectivity index (χ0n) is 7.58. The molecule has 0 aliphatic heterocycles. The number of isocyanates is 1. The summed E-state index contributed by atoms with van der Waals surface area (Å²) in [6, 6.07) is 1.53. The molecule has 0 amide bonds. The van der Waals surface area contributed by atoms with E-state index < -0.39 is 5.54 Å². The van der Waals surface area contributed by atoms with Crippen LogP contribution in [0.2, 0.25) is 10.3 Å². The van der Waals surface area contributed by atoms with Crippen molar-refractivity contribution in [3.63, 3.8) is 0 Å². The average molecular weight is 232 g/mol. The van der Waals surface area contributed by atoms with Gasteiger partial charge in [0.05, 0.1) is 5.54 Å². The highest BCUT2D eigenvalue weighted by atomic mass is 35.5. The SMILES string of the molecule is CC(C)(N=C=O)c1cc(Cl)nnc1Cl. The topological polar surface area (TPSA) is 55.2 Å². The monoisotopic (exact) mass is 231 g/mol. The van der Waals surface area contributed by atoms with Gasteiger partial charge in [-0.25, -0.2) is 4.79 Å². The highest BCUT2D eigenvalue weighted by molar-refractivity contribution is 6.31. The molecule has 0 spiro atoms. The number of rotatable bonds is 2. The minimum absolute atomic E-state index is 0.179. The van der Waals surface area contributed by atoms with Gasteiger partial charge in [0.25, 0.3) is 0 Å². The van der Waals surface area contributed by atoms with Gasteiger partial charge in [0, 0.05) is 5.56 Å². The Morgan fingerprint density at radius 2 is 2.07 bits per heavy atom. The van der Waals surface area contributed by atoms with E-state index in [0.29, 0.717) is 5.56 Å². The first-order valence-corrected chi connectivity index (χ1v) is 4.51. The van der Waals surface area contributed by atoms with Crippen molar-refractivity contribution < 1.29 is 4.79 Å². The van der Waals surface area contributed by atoms with Crippen LogP contribution in [0, 0.1) is 0 Å². The minimum atomic E-state index is -0.793. The van der Waals surface area contributed by atoms with E-state index in [1.54, 1.807) is 13.8 Å². The Labute approximate surface area is 91.0 Å². The van der Waals surface area contributed by atoms with E-state index in [4.69, 9.17) is 23.2 Å². The Kier molecular flexibility index (Phi) is 3.21. The number of nitrogens with zero attached hydrogens (tertiary/aromatic N) is 3. The molecule has 0 radical (unpaired) electrons. The lowest BCUT2D eigenvalue weighted by Gasteiger charge is -2.18. The number of aromatic nitrogens is 2. The molecule has 0 atom stereocenters. The highest BCUT2D eigenvalue weighted by Crippen LogP contribution is 2.30. The smallest absolute Gasteiger partial charge is 0.211 e. The van der Waals surface area contributed by atoms with Gasteiger partial charge in [-0.15, -0.1) is 10.2 Å². The quantitative estimate of drug-likeness (QED) is 0.580. The third kappa shape index (κ3) is 2.29. The number of carbonyl (C=O) groups excluding carboxylic acids is 1. The molecule has 0 saturated carbocycles. The first-order valence-electron chi connectivity index (χ1n) is 3.75. The van der Waals surface area contributed by atoms with Crippen LogP contribution in [-0.4, -0.2) is 16.3 Å². The third-order valence-electron chi connectivity index (χ3n) is 1.70. The van der Waals surface area contributed by atoms with Crippen molar-refractivity contribution in [3.05, 3.63) is 21.9 Å². The second-order valence-corrected chi connectivity index (χ2v) is 3.88. The third-order valence-corrected chi connectivity index (χ3v) is 2.17. The Morgan fingerprint density at radius 1 is 1.43 bits per heavy atom. The first-order chi connectivity index (χ1) is 6.47. The molecule has 0 fully saturated rings. The summed E-state index contributed by atoms with van der Waals surface area (Å²) in [6.07, 6.45) is 1.48. The van der Waals surface area contributed by atoms with E-state index in [-0.39, 0.29) is 10.3 Å². The van der Waals surface area contributed by atoms with Gasteiger partial charge in [-0.2, -0.15) is 4.99 Å². The molecule has 1 heterocycles. The maximum Gasteiger partial charge on any atom is 0.235 e. The fraction of sp³-hybridized carbons (Fsp3) is 0.375. The predicted octanol–water partition coefficient (Wildman–Crippen LogP) is 2.35. The van der Waals surface area contributed by atoms with Crippen molar-refractivity contribution in [2.24, 2.45) is 4.99 Å². The van der Waals surface area contributed by atoms with E-state index >= 15 is 0 Å². The molecule has 0 aliphatic carbocycles. The summed E-state index contributed by atoms with van der Waals surface area (Å²) in [5.41, 5.74) is -0.249. The van der Waals surface area contributed by atoms with Crippen LogP contribution in [0.3, 0.4) is 0 Å². The van der Waals surface area contributed by atoms with E-state index in [0.717, 1.165) is 0 Å². The number of hydrogen-bond acceptors (Lipinski definition) is 4. The molecule has 6 heteroatoms. The van der Waals surface area contributed by atoms with Crippen molar-refractivity contribution >= 4 is 29.3 Å². The average Bonchev–Trinajstić information content (AvgIpc) is 2.09. The van der Waals surface area contributed by atoms with E-state index in [2.05, 4.69) is 15.2 Å². The minimum Gasteiger partial charge on any atom is -0.211 e. The molecule has 74 valence electrons. The van der Waals surface area contributed by atoms with Crippen molar-refractivity contribution in [2.45, 2.75) is 19.4 Å². The van der Waals surface area contributed by atoms with Crippen LogP contribution < -0.4 is 0 Å². The van der Waals surface area contributed by atoms with Crippen LogP contribution in [0.1, 0.15) is 19.4 Å². The molecule has 4 nitrogen and oxygen atoms in total. The summed E-state index contributed by atoms with van der Waals surface area (Å²) in [4.78, 5) is 13.8. The predicted molar refractivity (Wildman–Crippen MR) is 53.2 cm³/mol. The summed E-state index contributed by atoms with van der Waals surface area (Å²) in [7, 11) is 0. The molecule has 0 unspecified atom stereocenters. The summed E-state index contributed by atoms with van der Waals surface area (Å²) in [5.74, 6) is 0. The van der Waals surface area contributed by atoms with Crippen LogP contribution >= 0.6 is 23.2 Å². The fourth-order valence-electron chi connectivity index (χ4n) is 0.956. The lowest BCUT2D eigenvalue weighted by atomic mass is 9.98. The van der Waals surface area contributed by atoms with Gasteiger partial charge in [0.1, 0.15) is 0 Å². The molecule has 0 aromatic carbocycles. The zero-order valence-corrected chi connectivity index (χ0v) is 9.10. The lowest BCUT2D eigenvalue weighted by Crippen LogP contribution is -2.15. The summed E-state index contributed by atoms with van der Waals surface area (Å²) in [6.45, 7) is 3.41. The van der Waals surface area contributed by atoms with Crippen molar-refractivity contribution in [1.29, 1.82) is 0 Å². The van der Waals surface area contributed by atoms with Gasteiger partial charge in [-0.1, -0.05) is 23.2 Å². The normalized spacial score (nSPS) is 10.9. The lowest BCUT2D eigenvalue weighted by molar-refractivity contribution is 0.521. The number of hydrogen-bond donors (Lipinski definition) is 0. The van der Waals surface area contributed by atoms with Crippen molar-refractivity contribution in [1.82, 2.24) is 10.2 Å². The van der Waals surface area contributed by atoms with E-state index in [1.165, 1.54) is 12.1 Å². The van der Waals surface area contributed by atoms with Gasteiger partial charge in [0.15, 0.2) is 10.3 Å².